The van der Waals surface area contributed by atoms with Gasteiger partial charge in [-0.3, -0.25) is 0 Å². The summed E-state index contributed by atoms with van der Waals surface area (Å²) in [5, 5.41) is 9.33. The van der Waals surface area contributed by atoms with Gasteiger partial charge < -0.3 is 14.6 Å². The van der Waals surface area contributed by atoms with Gasteiger partial charge in [-0.2, -0.15) is 0 Å². The van der Waals surface area contributed by atoms with Gasteiger partial charge >= 0.3 is 17.9 Å². The highest BCUT2D eigenvalue weighted by atomic mass is 16.5. The van der Waals surface area contributed by atoms with Crippen LogP contribution in [0.3, 0.4) is 0 Å². The molecule has 2 atom stereocenters. The molecule has 0 saturated carbocycles. The molecule has 1 aromatic carbocycles. The van der Waals surface area contributed by atoms with Gasteiger partial charge in [0.2, 0.25) is 0 Å². The van der Waals surface area contributed by atoms with Crippen LogP contribution < -0.4 is 0 Å². The quantitative estimate of drug-likeness (QED) is 0.253. The minimum atomic E-state index is -1.17. The summed E-state index contributed by atoms with van der Waals surface area (Å²) in [4.78, 5) is 37.1. The molecule has 0 spiro atoms. The number of carbonyl (C=O) groups excluding carboxylic acids is 2. The van der Waals surface area contributed by atoms with Crippen molar-refractivity contribution >= 4 is 17.9 Å². The summed E-state index contributed by atoms with van der Waals surface area (Å²) in [7, 11) is 0. The van der Waals surface area contributed by atoms with Crippen molar-refractivity contribution in [1.82, 2.24) is 0 Å². The van der Waals surface area contributed by atoms with Crippen molar-refractivity contribution < 1.29 is 29.0 Å². The number of carboxylic acid groups (broad SMARTS) is 1. The standard InChI is InChI=1S/C25H38O6/c1-5-9-11-13-19(7-3)30-24(28)21-16-15-18(23(26)27)17-22(21)25(29)31-20(8-4)14-12-10-6-2/h15-17,19-20H,5-14H2,1-4H3,(H,26,27). The number of carbonyl (C=O) groups is 3. The Morgan fingerprint density at radius 3 is 1.68 bits per heavy atom. The third-order valence-corrected chi connectivity index (χ3v) is 5.42. The second-order valence-corrected chi connectivity index (χ2v) is 7.93. The third-order valence-electron chi connectivity index (χ3n) is 5.42. The fraction of sp³-hybridized carbons (Fsp3) is 0.640. The Balaban J connectivity index is 3.05. The lowest BCUT2D eigenvalue weighted by Crippen LogP contribution is -2.23. The van der Waals surface area contributed by atoms with Gasteiger partial charge in [-0.1, -0.05) is 53.4 Å². The molecule has 0 fully saturated rings. The van der Waals surface area contributed by atoms with Crippen LogP contribution in [-0.2, 0) is 9.47 Å². The largest absolute Gasteiger partial charge is 0.478 e. The highest BCUT2D eigenvalue weighted by Gasteiger charge is 2.25. The molecule has 0 saturated heterocycles. The van der Waals surface area contributed by atoms with Crippen LogP contribution in [0.15, 0.2) is 18.2 Å². The van der Waals surface area contributed by atoms with E-state index in [1.54, 1.807) is 0 Å². The zero-order chi connectivity index (χ0) is 23.2. The molecule has 0 bridgehead atoms. The summed E-state index contributed by atoms with van der Waals surface area (Å²) in [6.07, 6.45) is 8.50. The Kier molecular flexibility index (Phi) is 12.6. The van der Waals surface area contributed by atoms with Crippen LogP contribution in [0.1, 0.15) is 123 Å². The van der Waals surface area contributed by atoms with Crippen molar-refractivity contribution in [3.63, 3.8) is 0 Å². The Labute approximate surface area is 186 Å². The molecule has 6 nitrogen and oxygen atoms in total. The van der Waals surface area contributed by atoms with E-state index in [4.69, 9.17) is 9.47 Å². The summed E-state index contributed by atoms with van der Waals surface area (Å²) in [5.74, 6) is -2.47. The summed E-state index contributed by atoms with van der Waals surface area (Å²) in [5.41, 5.74) is -0.0767. The van der Waals surface area contributed by atoms with Crippen LogP contribution in [0, 0.1) is 0 Å². The van der Waals surface area contributed by atoms with E-state index in [0.717, 1.165) is 51.4 Å². The number of carboxylic acids is 1. The number of hydrogen-bond acceptors (Lipinski definition) is 5. The van der Waals surface area contributed by atoms with Crippen molar-refractivity contribution in [3.05, 3.63) is 34.9 Å². The lowest BCUT2D eigenvalue weighted by Gasteiger charge is -2.19. The normalized spacial score (nSPS) is 12.8. The van der Waals surface area contributed by atoms with Crippen molar-refractivity contribution in [2.45, 2.75) is 104 Å². The number of aromatic carboxylic acids is 1. The molecule has 0 aliphatic rings. The van der Waals surface area contributed by atoms with Gasteiger partial charge in [-0.05, 0) is 56.7 Å². The fourth-order valence-corrected chi connectivity index (χ4v) is 3.39. The first-order valence-electron chi connectivity index (χ1n) is 11.7. The first kappa shape index (κ1) is 26.7. The van der Waals surface area contributed by atoms with Gasteiger partial charge in [0, 0.05) is 0 Å². The van der Waals surface area contributed by atoms with E-state index in [0.29, 0.717) is 12.8 Å². The maximum absolute atomic E-state index is 12.9. The highest BCUT2D eigenvalue weighted by Crippen LogP contribution is 2.20. The molecule has 1 rings (SSSR count). The summed E-state index contributed by atoms with van der Waals surface area (Å²) < 4.78 is 11.3. The van der Waals surface area contributed by atoms with E-state index in [1.807, 2.05) is 13.8 Å². The first-order valence-corrected chi connectivity index (χ1v) is 11.7. The third kappa shape index (κ3) is 9.11. The molecule has 1 N–H and O–H groups in total. The fourth-order valence-electron chi connectivity index (χ4n) is 3.39. The van der Waals surface area contributed by atoms with Crippen molar-refractivity contribution in [1.29, 1.82) is 0 Å². The molecule has 0 heterocycles. The minimum absolute atomic E-state index is 0.0485. The monoisotopic (exact) mass is 434 g/mol. The van der Waals surface area contributed by atoms with Crippen LogP contribution in [0.4, 0.5) is 0 Å². The van der Waals surface area contributed by atoms with Crippen LogP contribution >= 0.6 is 0 Å². The van der Waals surface area contributed by atoms with E-state index in [9.17, 15) is 19.5 Å². The molecule has 0 radical (unpaired) electrons. The van der Waals surface area contributed by atoms with E-state index < -0.39 is 17.9 Å². The zero-order valence-corrected chi connectivity index (χ0v) is 19.4. The molecule has 2 unspecified atom stereocenters. The van der Waals surface area contributed by atoms with Gasteiger partial charge in [0.1, 0.15) is 12.2 Å². The number of esters is 2. The van der Waals surface area contributed by atoms with Crippen molar-refractivity contribution in [2.24, 2.45) is 0 Å². The number of ether oxygens (including phenoxy) is 2. The SMILES string of the molecule is CCCCCC(CC)OC(=O)c1ccc(C(=O)O)cc1C(=O)OC(CC)CCCCC. The van der Waals surface area contributed by atoms with Gasteiger partial charge in [-0.25, -0.2) is 14.4 Å². The smallest absolute Gasteiger partial charge is 0.339 e. The molecule has 0 amide bonds. The summed E-state index contributed by atoms with van der Waals surface area (Å²) in [6.45, 7) is 8.11. The van der Waals surface area contributed by atoms with Gasteiger partial charge in [0.05, 0.1) is 16.7 Å². The molecule has 0 aliphatic carbocycles. The van der Waals surface area contributed by atoms with Crippen LogP contribution in [-0.4, -0.2) is 35.2 Å². The van der Waals surface area contributed by atoms with Crippen molar-refractivity contribution in [2.75, 3.05) is 0 Å². The Hall–Kier alpha value is -2.37. The summed E-state index contributed by atoms with van der Waals surface area (Å²) in [6, 6.07) is 3.86. The zero-order valence-electron chi connectivity index (χ0n) is 19.4. The molecule has 31 heavy (non-hydrogen) atoms. The van der Waals surface area contributed by atoms with Gasteiger partial charge in [0.15, 0.2) is 0 Å². The van der Waals surface area contributed by atoms with E-state index >= 15 is 0 Å². The van der Waals surface area contributed by atoms with E-state index in [1.165, 1.54) is 18.2 Å². The number of unbranched alkanes of at least 4 members (excludes halogenated alkanes) is 4. The predicted molar refractivity (Wildman–Crippen MR) is 121 cm³/mol. The van der Waals surface area contributed by atoms with Gasteiger partial charge in [-0.15, -0.1) is 0 Å². The second kappa shape index (κ2) is 14.6. The molecule has 1 aromatic rings. The maximum atomic E-state index is 12.9. The predicted octanol–water partition coefficient (Wildman–Crippen LogP) is 6.42. The highest BCUT2D eigenvalue weighted by molar-refractivity contribution is 6.05. The van der Waals surface area contributed by atoms with Crippen molar-refractivity contribution in [3.8, 4) is 0 Å². The molecule has 0 aliphatic heterocycles. The van der Waals surface area contributed by atoms with Gasteiger partial charge in [0.25, 0.3) is 0 Å². The average Bonchev–Trinajstić information content (AvgIpc) is 2.77. The molecular formula is C25H38O6. The lowest BCUT2D eigenvalue weighted by molar-refractivity contribution is 0.0219. The average molecular weight is 435 g/mol. The maximum Gasteiger partial charge on any atom is 0.339 e. The lowest BCUT2D eigenvalue weighted by atomic mass is 10.0. The van der Waals surface area contributed by atoms with Crippen LogP contribution in [0.5, 0.6) is 0 Å². The van der Waals surface area contributed by atoms with Crippen LogP contribution in [0.2, 0.25) is 0 Å². The Bertz CT molecular complexity index is 712. The minimum Gasteiger partial charge on any atom is -0.478 e. The molecule has 0 aromatic heterocycles. The molecule has 174 valence electrons. The summed E-state index contributed by atoms with van der Waals surface area (Å²) >= 11 is 0. The first-order chi connectivity index (χ1) is 14.9. The number of hydrogen-bond donors (Lipinski definition) is 1. The molecular weight excluding hydrogens is 396 g/mol. The van der Waals surface area contributed by atoms with E-state index in [-0.39, 0.29) is 28.9 Å². The topological polar surface area (TPSA) is 89.9 Å². The Morgan fingerprint density at radius 1 is 0.774 bits per heavy atom. The number of rotatable bonds is 15. The van der Waals surface area contributed by atoms with E-state index in [2.05, 4.69) is 13.8 Å². The molecule has 6 heteroatoms. The second-order valence-electron chi connectivity index (χ2n) is 7.93. The van der Waals surface area contributed by atoms with Crippen LogP contribution in [0.25, 0.3) is 0 Å². The number of benzene rings is 1. The Morgan fingerprint density at radius 2 is 1.26 bits per heavy atom.